The molecule has 1 aromatic carbocycles. The van der Waals surface area contributed by atoms with Gasteiger partial charge in [0, 0.05) is 55.4 Å². The number of rotatable bonds is 2. The lowest BCUT2D eigenvalue weighted by Crippen LogP contribution is -2.50. The van der Waals surface area contributed by atoms with E-state index in [-0.39, 0.29) is 6.09 Å². The van der Waals surface area contributed by atoms with Crippen LogP contribution in [0.5, 0.6) is 0 Å². The molecule has 0 atom stereocenters. The van der Waals surface area contributed by atoms with Crippen LogP contribution < -0.4 is 9.80 Å². The molecule has 8 nitrogen and oxygen atoms in total. The largest absolute Gasteiger partial charge is 0.444 e. The molecule has 2 aromatic rings. The topological polar surface area (TPSA) is 75.2 Å². The number of pyridine rings is 1. The van der Waals surface area contributed by atoms with Crippen LogP contribution in [0.15, 0.2) is 24.3 Å². The van der Waals surface area contributed by atoms with Crippen molar-refractivity contribution in [3.8, 4) is 0 Å². The molecule has 1 aliphatic heterocycles. The molecule has 1 fully saturated rings. The quantitative estimate of drug-likeness (QED) is 0.584. The molecule has 1 aromatic heterocycles. The van der Waals surface area contributed by atoms with Crippen LogP contribution in [0, 0.1) is 0 Å². The third-order valence-corrected chi connectivity index (χ3v) is 5.25. The van der Waals surface area contributed by atoms with Gasteiger partial charge < -0.3 is 19.3 Å². The van der Waals surface area contributed by atoms with Crippen molar-refractivity contribution in [2.24, 2.45) is 0 Å². The number of ether oxygens (including phenoxy) is 2. The number of fused-ring (bicyclic) bond motifs is 1. The molecular formula is C24H33ClN4O4. The Morgan fingerprint density at radius 1 is 0.970 bits per heavy atom. The van der Waals surface area contributed by atoms with Crippen LogP contribution in [0.2, 0.25) is 5.02 Å². The molecule has 33 heavy (non-hydrogen) atoms. The summed E-state index contributed by atoms with van der Waals surface area (Å²) in [4.78, 5) is 35.0. The summed E-state index contributed by atoms with van der Waals surface area (Å²) in [5, 5.41) is 1.49. The summed E-state index contributed by atoms with van der Waals surface area (Å²) in [5.74, 6) is 0.462. The SMILES string of the molecule is CN(C(=O)OC(C)(C)C)c1cc(N2CCN(C(=O)OC(C)(C)C)CC2)c2ccc(Cl)cc2n1. The van der Waals surface area contributed by atoms with E-state index in [0.717, 1.165) is 11.1 Å². The fourth-order valence-electron chi connectivity index (χ4n) is 3.48. The maximum Gasteiger partial charge on any atom is 0.415 e. The molecule has 0 saturated carbocycles. The number of nitrogens with zero attached hydrogens (tertiary/aromatic N) is 4. The van der Waals surface area contributed by atoms with E-state index in [4.69, 9.17) is 21.1 Å². The third kappa shape index (κ3) is 6.41. The fraction of sp³-hybridized carbons (Fsp3) is 0.542. The summed E-state index contributed by atoms with van der Waals surface area (Å²) in [6.45, 7) is 13.3. The fourth-order valence-corrected chi connectivity index (χ4v) is 3.65. The van der Waals surface area contributed by atoms with Crippen LogP contribution >= 0.6 is 11.6 Å². The first-order valence-corrected chi connectivity index (χ1v) is 11.4. The van der Waals surface area contributed by atoms with Gasteiger partial charge in [-0.05, 0) is 59.7 Å². The lowest BCUT2D eigenvalue weighted by Gasteiger charge is -2.37. The van der Waals surface area contributed by atoms with Crippen molar-refractivity contribution in [3.63, 3.8) is 0 Å². The molecule has 0 spiro atoms. The third-order valence-electron chi connectivity index (χ3n) is 5.02. The maximum atomic E-state index is 12.6. The zero-order valence-corrected chi connectivity index (χ0v) is 21.2. The molecule has 0 aliphatic carbocycles. The average Bonchev–Trinajstić information content (AvgIpc) is 2.69. The predicted molar refractivity (Wildman–Crippen MR) is 131 cm³/mol. The van der Waals surface area contributed by atoms with Gasteiger partial charge in [0.05, 0.1) is 5.52 Å². The van der Waals surface area contributed by atoms with Gasteiger partial charge in [0.1, 0.15) is 17.0 Å². The smallest absolute Gasteiger partial charge is 0.415 e. The van der Waals surface area contributed by atoms with Gasteiger partial charge in [0.25, 0.3) is 0 Å². The molecule has 2 heterocycles. The molecule has 3 rings (SSSR count). The Labute approximate surface area is 200 Å². The molecule has 180 valence electrons. The second-order valence-electron chi connectivity index (χ2n) is 10.2. The highest BCUT2D eigenvalue weighted by Crippen LogP contribution is 2.32. The Hall–Kier alpha value is -2.74. The summed E-state index contributed by atoms with van der Waals surface area (Å²) in [6.07, 6.45) is -0.795. The molecule has 0 unspecified atom stereocenters. The van der Waals surface area contributed by atoms with Gasteiger partial charge in [-0.3, -0.25) is 4.90 Å². The lowest BCUT2D eigenvalue weighted by atomic mass is 10.1. The van der Waals surface area contributed by atoms with E-state index >= 15 is 0 Å². The van der Waals surface area contributed by atoms with Gasteiger partial charge in [-0.1, -0.05) is 11.6 Å². The van der Waals surface area contributed by atoms with Crippen molar-refractivity contribution in [1.29, 1.82) is 0 Å². The van der Waals surface area contributed by atoms with Crippen molar-refractivity contribution < 1.29 is 19.1 Å². The van der Waals surface area contributed by atoms with E-state index < -0.39 is 17.3 Å². The molecule has 0 radical (unpaired) electrons. The minimum Gasteiger partial charge on any atom is -0.444 e. The van der Waals surface area contributed by atoms with Gasteiger partial charge in [0.15, 0.2) is 0 Å². The zero-order chi connectivity index (χ0) is 24.6. The molecular weight excluding hydrogens is 444 g/mol. The number of halogens is 1. The van der Waals surface area contributed by atoms with Crippen LogP contribution in [0.1, 0.15) is 41.5 Å². The lowest BCUT2D eigenvalue weighted by molar-refractivity contribution is 0.0240. The van der Waals surface area contributed by atoms with Crippen molar-refractivity contribution in [2.45, 2.75) is 52.7 Å². The van der Waals surface area contributed by atoms with Crippen molar-refractivity contribution in [2.75, 3.05) is 43.0 Å². The van der Waals surface area contributed by atoms with Crippen LogP contribution in [0.4, 0.5) is 21.1 Å². The molecule has 0 bridgehead atoms. The number of amides is 2. The van der Waals surface area contributed by atoms with E-state index in [1.165, 1.54) is 4.90 Å². The first-order valence-electron chi connectivity index (χ1n) is 11.0. The minimum atomic E-state index is -0.619. The van der Waals surface area contributed by atoms with Crippen molar-refractivity contribution in [1.82, 2.24) is 9.88 Å². The number of carbonyl (C=O) groups excluding carboxylic acids is 2. The van der Waals surface area contributed by atoms with Gasteiger partial charge in [-0.25, -0.2) is 14.6 Å². The molecule has 2 amide bonds. The summed E-state index contributed by atoms with van der Waals surface area (Å²) in [7, 11) is 1.64. The molecule has 1 saturated heterocycles. The first-order chi connectivity index (χ1) is 15.2. The summed E-state index contributed by atoms with van der Waals surface area (Å²) in [6, 6.07) is 7.41. The number of hydrogen-bond donors (Lipinski definition) is 0. The van der Waals surface area contributed by atoms with Crippen molar-refractivity contribution in [3.05, 3.63) is 29.3 Å². The van der Waals surface area contributed by atoms with Crippen LogP contribution in [-0.4, -0.2) is 66.5 Å². The highest BCUT2D eigenvalue weighted by atomic mass is 35.5. The van der Waals surface area contributed by atoms with E-state index in [0.29, 0.717) is 42.5 Å². The Morgan fingerprint density at radius 2 is 1.58 bits per heavy atom. The minimum absolute atomic E-state index is 0.307. The highest BCUT2D eigenvalue weighted by molar-refractivity contribution is 6.31. The molecule has 1 aliphatic rings. The Morgan fingerprint density at radius 3 is 2.15 bits per heavy atom. The molecule has 9 heteroatoms. The number of anilines is 2. The standard InChI is InChI=1S/C24H33ClN4O4/c1-23(2,3)32-21(30)27(7)20-15-19(17-9-8-16(25)14-18(17)26-20)28-10-12-29(13-11-28)22(31)33-24(4,5)6/h8-9,14-15H,10-13H2,1-7H3. The number of benzene rings is 1. The van der Waals surface area contributed by atoms with Gasteiger partial charge >= 0.3 is 12.2 Å². The van der Waals surface area contributed by atoms with E-state index in [9.17, 15) is 9.59 Å². The highest BCUT2D eigenvalue weighted by Gasteiger charge is 2.28. The maximum absolute atomic E-state index is 12.6. The van der Waals surface area contributed by atoms with Gasteiger partial charge in [-0.15, -0.1) is 0 Å². The number of aromatic nitrogens is 1. The normalized spacial score (nSPS) is 14.9. The number of piperazine rings is 1. The second kappa shape index (κ2) is 9.25. The Kier molecular flexibility index (Phi) is 6.98. The van der Waals surface area contributed by atoms with Crippen LogP contribution in [-0.2, 0) is 9.47 Å². The Balaban J connectivity index is 1.88. The van der Waals surface area contributed by atoms with Gasteiger partial charge in [0.2, 0.25) is 0 Å². The summed E-state index contributed by atoms with van der Waals surface area (Å²) >= 11 is 6.23. The van der Waals surface area contributed by atoms with Crippen LogP contribution in [0.3, 0.4) is 0 Å². The summed E-state index contributed by atoms with van der Waals surface area (Å²) < 4.78 is 11.0. The van der Waals surface area contributed by atoms with Gasteiger partial charge in [-0.2, -0.15) is 0 Å². The zero-order valence-electron chi connectivity index (χ0n) is 20.4. The van der Waals surface area contributed by atoms with E-state index in [1.807, 2.05) is 59.7 Å². The first kappa shape index (κ1) is 24.9. The number of carbonyl (C=O) groups is 2. The van der Waals surface area contributed by atoms with Crippen LogP contribution in [0.25, 0.3) is 10.9 Å². The molecule has 0 N–H and O–H groups in total. The van der Waals surface area contributed by atoms with E-state index in [1.54, 1.807) is 18.0 Å². The number of hydrogen-bond acceptors (Lipinski definition) is 6. The average molecular weight is 477 g/mol. The Bertz CT molecular complexity index is 1040. The second-order valence-corrected chi connectivity index (χ2v) is 10.6. The predicted octanol–water partition coefficient (Wildman–Crippen LogP) is 5.32. The monoisotopic (exact) mass is 476 g/mol. The van der Waals surface area contributed by atoms with E-state index in [2.05, 4.69) is 9.88 Å². The summed E-state index contributed by atoms with van der Waals surface area (Å²) in [5.41, 5.74) is 0.452. The van der Waals surface area contributed by atoms with Crippen molar-refractivity contribution >= 4 is 46.2 Å².